The van der Waals surface area contributed by atoms with E-state index in [1.165, 1.54) is 19.3 Å². The van der Waals surface area contributed by atoms with Gasteiger partial charge in [-0.3, -0.25) is 4.79 Å². The van der Waals surface area contributed by atoms with Gasteiger partial charge in [0.25, 0.3) is 5.91 Å². The third kappa shape index (κ3) is 3.99. The molecule has 1 aliphatic heterocycles. The summed E-state index contributed by atoms with van der Waals surface area (Å²) in [5, 5.41) is 4.00. The van der Waals surface area contributed by atoms with Gasteiger partial charge < -0.3 is 10.2 Å². The molecular weight excluding hydrogens is 352 g/mol. The number of carbonyl (C=O) groups excluding carboxylic acids is 1. The van der Waals surface area contributed by atoms with Crippen LogP contribution in [0.25, 0.3) is 0 Å². The van der Waals surface area contributed by atoms with E-state index in [2.05, 4.69) is 21.2 Å². The van der Waals surface area contributed by atoms with E-state index < -0.39 is 0 Å². The summed E-state index contributed by atoms with van der Waals surface area (Å²) < 4.78 is 0.898. The van der Waals surface area contributed by atoms with Gasteiger partial charge in [0.05, 0.1) is 10.6 Å². The van der Waals surface area contributed by atoms with Gasteiger partial charge in [-0.25, -0.2) is 0 Å². The Morgan fingerprint density at radius 3 is 2.76 bits per heavy atom. The molecule has 0 bridgehead atoms. The fraction of sp³-hybridized carbons (Fsp3) is 0.562. The summed E-state index contributed by atoms with van der Waals surface area (Å²) in [6, 6.07) is 5.92. The van der Waals surface area contributed by atoms with Gasteiger partial charge in [0.1, 0.15) is 0 Å². The van der Waals surface area contributed by atoms with E-state index in [-0.39, 0.29) is 5.91 Å². The third-order valence-corrected chi connectivity index (χ3v) is 5.03. The van der Waals surface area contributed by atoms with Gasteiger partial charge in [-0.15, -0.1) is 0 Å². The summed E-state index contributed by atoms with van der Waals surface area (Å²) in [6.07, 6.45) is 4.85. The molecule has 1 unspecified atom stereocenters. The van der Waals surface area contributed by atoms with Crippen molar-refractivity contribution in [3.8, 4) is 0 Å². The lowest BCUT2D eigenvalue weighted by Gasteiger charge is -2.26. The Morgan fingerprint density at radius 1 is 1.33 bits per heavy atom. The highest BCUT2D eigenvalue weighted by molar-refractivity contribution is 9.10. The Balaban J connectivity index is 1.75. The van der Waals surface area contributed by atoms with E-state index in [4.69, 9.17) is 11.6 Å². The lowest BCUT2D eigenvalue weighted by Crippen LogP contribution is -2.42. The zero-order chi connectivity index (χ0) is 14.8. The number of amides is 1. The molecule has 1 aliphatic carbocycles. The molecule has 2 fully saturated rings. The van der Waals surface area contributed by atoms with E-state index in [1.54, 1.807) is 6.07 Å². The van der Waals surface area contributed by atoms with Crippen LogP contribution in [0.5, 0.6) is 0 Å². The average molecular weight is 372 g/mol. The first-order chi connectivity index (χ1) is 10.1. The van der Waals surface area contributed by atoms with Crippen molar-refractivity contribution in [2.45, 2.75) is 31.7 Å². The van der Waals surface area contributed by atoms with Gasteiger partial charge in [-0.1, -0.05) is 27.5 Å². The number of benzene rings is 1. The number of carbonyl (C=O) groups is 1. The second-order valence-corrected chi connectivity index (χ2v) is 7.39. The summed E-state index contributed by atoms with van der Waals surface area (Å²) in [5.41, 5.74) is 0.610. The van der Waals surface area contributed by atoms with Crippen molar-refractivity contribution in [1.29, 1.82) is 0 Å². The molecule has 1 amide bonds. The van der Waals surface area contributed by atoms with E-state index in [1.807, 2.05) is 17.0 Å². The summed E-state index contributed by atoms with van der Waals surface area (Å²) in [5.74, 6) is 0.748. The summed E-state index contributed by atoms with van der Waals surface area (Å²) in [6.45, 7) is 2.72. The number of halogens is 2. The number of rotatable bonds is 5. The van der Waals surface area contributed by atoms with Crippen molar-refractivity contribution < 1.29 is 4.79 Å². The van der Waals surface area contributed by atoms with Gasteiger partial charge in [0.15, 0.2) is 0 Å². The topological polar surface area (TPSA) is 32.3 Å². The van der Waals surface area contributed by atoms with Crippen LogP contribution in [-0.2, 0) is 0 Å². The molecule has 1 saturated heterocycles. The lowest BCUT2D eigenvalue weighted by atomic mass is 10.1. The largest absolute Gasteiger partial charge is 0.337 e. The predicted octanol–water partition coefficient (Wildman–Crippen LogP) is 3.71. The fourth-order valence-corrected chi connectivity index (χ4v) is 3.62. The van der Waals surface area contributed by atoms with Crippen LogP contribution in [0.2, 0.25) is 5.02 Å². The van der Waals surface area contributed by atoms with Crippen molar-refractivity contribution in [3.63, 3.8) is 0 Å². The van der Waals surface area contributed by atoms with Crippen molar-refractivity contribution in [2.24, 2.45) is 5.92 Å². The zero-order valence-electron chi connectivity index (χ0n) is 11.9. The van der Waals surface area contributed by atoms with E-state index in [0.717, 1.165) is 30.5 Å². The molecule has 2 aliphatic rings. The Kier molecular flexibility index (Phi) is 4.87. The summed E-state index contributed by atoms with van der Waals surface area (Å²) in [4.78, 5) is 14.8. The van der Waals surface area contributed by atoms with Crippen LogP contribution < -0.4 is 5.32 Å². The molecule has 0 aromatic heterocycles. The predicted molar refractivity (Wildman–Crippen MR) is 88.8 cm³/mol. The molecule has 0 radical (unpaired) electrons. The second-order valence-electron chi connectivity index (χ2n) is 6.07. The Morgan fingerprint density at radius 2 is 2.14 bits per heavy atom. The van der Waals surface area contributed by atoms with E-state index in [0.29, 0.717) is 22.5 Å². The van der Waals surface area contributed by atoms with Gasteiger partial charge in [-0.2, -0.15) is 0 Å². The SMILES string of the molecule is O=C(c1ccc(Br)cc1Cl)N(CC1CC1)CC1CCCN1. The fourth-order valence-electron chi connectivity index (χ4n) is 2.86. The molecule has 1 atom stereocenters. The number of hydrogen-bond donors (Lipinski definition) is 1. The maximum absolute atomic E-state index is 12.8. The zero-order valence-corrected chi connectivity index (χ0v) is 14.3. The second kappa shape index (κ2) is 6.67. The van der Waals surface area contributed by atoms with Gasteiger partial charge in [-0.05, 0) is 56.3 Å². The van der Waals surface area contributed by atoms with E-state index in [9.17, 15) is 4.79 Å². The first-order valence-corrected chi connectivity index (χ1v) is 8.78. The molecular formula is C16H20BrClN2O. The highest BCUT2D eigenvalue weighted by Crippen LogP contribution is 2.31. The molecule has 3 nitrogen and oxygen atoms in total. The molecule has 3 rings (SSSR count). The Hall–Kier alpha value is -0.580. The van der Waals surface area contributed by atoms with Gasteiger partial charge >= 0.3 is 0 Å². The normalized spacial score (nSPS) is 21.5. The van der Waals surface area contributed by atoms with Crippen LogP contribution >= 0.6 is 27.5 Å². The average Bonchev–Trinajstić information content (AvgIpc) is 3.11. The standard InChI is InChI=1S/C16H20BrClN2O/c17-12-5-6-14(15(18)8-12)16(21)20(9-11-3-4-11)10-13-2-1-7-19-13/h5-6,8,11,13,19H,1-4,7,9-10H2. The highest BCUT2D eigenvalue weighted by atomic mass is 79.9. The minimum Gasteiger partial charge on any atom is -0.337 e. The Labute approximate surface area is 139 Å². The maximum atomic E-state index is 12.8. The van der Waals surface area contributed by atoms with Gasteiger partial charge in [0.2, 0.25) is 0 Å². The molecule has 114 valence electrons. The number of hydrogen-bond acceptors (Lipinski definition) is 2. The quantitative estimate of drug-likeness (QED) is 0.856. The lowest BCUT2D eigenvalue weighted by molar-refractivity contribution is 0.0733. The van der Waals surface area contributed by atoms with Crippen molar-refractivity contribution in [3.05, 3.63) is 33.3 Å². The minimum absolute atomic E-state index is 0.0631. The molecule has 21 heavy (non-hydrogen) atoms. The summed E-state index contributed by atoms with van der Waals surface area (Å²) >= 11 is 9.63. The van der Waals surface area contributed by atoms with E-state index >= 15 is 0 Å². The van der Waals surface area contributed by atoms with Crippen molar-refractivity contribution in [1.82, 2.24) is 10.2 Å². The molecule has 1 heterocycles. The van der Waals surface area contributed by atoms with Crippen LogP contribution in [-0.4, -0.2) is 36.5 Å². The monoisotopic (exact) mass is 370 g/mol. The first kappa shape index (κ1) is 15.3. The van der Waals surface area contributed by atoms with Crippen molar-refractivity contribution in [2.75, 3.05) is 19.6 Å². The third-order valence-electron chi connectivity index (χ3n) is 4.23. The minimum atomic E-state index is 0.0631. The number of nitrogens with one attached hydrogen (secondary N) is 1. The maximum Gasteiger partial charge on any atom is 0.255 e. The Bertz CT molecular complexity index is 527. The molecule has 0 spiro atoms. The number of nitrogens with zero attached hydrogens (tertiary/aromatic N) is 1. The van der Waals surface area contributed by atoms with Gasteiger partial charge in [0, 0.05) is 23.6 Å². The van der Waals surface area contributed by atoms with Crippen molar-refractivity contribution >= 4 is 33.4 Å². The molecule has 1 N–H and O–H groups in total. The molecule has 1 aromatic carbocycles. The van der Waals surface area contributed by atoms with Crippen LogP contribution in [0.3, 0.4) is 0 Å². The van der Waals surface area contributed by atoms with Crippen LogP contribution in [0.1, 0.15) is 36.0 Å². The van der Waals surface area contributed by atoms with Crippen LogP contribution in [0, 0.1) is 5.92 Å². The smallest absolute Gasteiger partial charge is 0.255 e. The molecule has 5 heteroatoms. The molecule has 1 aromatic rings. The van der Waals surface area contributed by atoms with Crippen LogP contribution in [0.4, 0.5) is 0 Å². The molecule has 1 saturated carbocycles. The summed E-state index contributed by atoms with van der Waals surface area (Å²) in [7, 11) is 0. The first-order valence-electron chi connectivity index (χ1n) is 7.61. The van der Waals surface area contributed by atoms with Crippen LogP contribution in [0.15, 0.2) is 22.7 Å². The highest BCUT2D eigenvalue weighted by Gasteiger charge is 2.30.